The number of hydrogen-bond acceptors (Lipinski definition) is 10. The molecular formula is C77H78F4O10S4. The summed E-state index contributed by atoms with van der Waals surface area (Å²) in [5, 5.41) is 0. The third-order valence-corrected chi connectivity index (χ3v) is 21.1. The molecule has 0 fully saturated rings. The molecule has 0 radical (unpaired) electrons. The molecule has 0 heterocycles. The smallest absolute Gasteiger partial charge is 0.205 e. The summed E-state index contributed by atoms with van der Waals surface area (Å²) >= 11 is 0. The van der Waals surface area contributed by atoms with Crippen molar-refractivity contribution in [3.63, 3.8) is 0 Å². The summed E-state index contributed by atoms with van der Waals surface area (Å²) < 4.78 is 142. The van der Waals surface area contributed by atoms with Gasteiger partial charge in [0.15, 0.2) is 46.8 Å². The van der Waals surface area contributed by atoms with Gasteiger partial charge in [-0.3, -0.25) is 0 Å². The van der Waals surface area contributed by atoms with Gasteiger partial charge in [0.1, 0.15) is 42.4 Å². The van der Waals surface area contributed by atoms with Crippen molar-refractivity contribution in [1.29, 1.82) is 0 Å². The summed E-state index contributed by atoms with van der Waals surface area (Å²) in [5.74, 6) is -6.98. The van der Waals surface area contributed by atoms with Crippen LogP contribution in [0.3, 0.4) is 0 Å². The zero-order valence-electron chi connectivity index (χ0n) is 53.4. The van der Waals surface area contributed by atoms with Gasteiger partial charge in [0.2, 0.25) is 11.6 Å². The average molecular weight is 1370 g/mol. The molecule has 10 aromatic rings. The molecular weight excluding hydrogens is 1290 g/mol. The molecule has 0 saturated carbocycles. The van der Waals surface area contributed by atoms with Crippen LogP contribution in [0.15, 0.2) is 294 Å². The minimum absolute atomic E-state index is 0.0146. The van der Waals surface area contributed by atoms with Crippen LogP contribution in [0, 0.1) is 23.3 Å². The van der Waals surface area contributed by atoms with Gasteiger partial charge in [-0.15, -0.1) is 0 Å². The molecule has 0 spiro atoms. The second kappa shape index (κ2) is 38.3. The van der Waals surface area contributed by atoms with Crippen LogP contribution in [0.25, 0.3) is 0 Å². The van der Waals surface area contributed by atoms with E-state index < -0.39 is 54.2 Å². The zero-order valence-corrected chi connectivity index (χ0v) is 56.7. The number of hydrogen-bond donors (Lipinski definition) is 0. The predicted molar refractivity (Wildman–Crippen MR) is 367 cm³/mol. The number of unbranched alkanes of at least 4 members (excludes halogenated alkanes) is 3. The van der Waals surface area contributed by atoms with Gasteiger partial charge in [-0.25, -0.2) is 25.6 Å². The van der Waals surface area contributed by atoms with Crippen LogP contribution >= 0.6 is 0 Å². The van der Waals surface area contributed by atoms with Gasteiger partial charge in [0, 0.05) is 6.42 Å². The summed E-state index contributed by atoms with van der Waals surface area (Å²) in [4.78, 5) is 5.71. The molecule has 498 valence electrons. The van der Waals surface area contributed by atoms with Crippen molar-refractivity contribution >= 4 is 42.0 Å². The molecule has 0 aliphatic heterocycles. The van der Waals surface area contributed by atoms with Crippen LogP contribution in [0.4, 0.5) is 17.6 Å². The summed E-state index contributed by atoms with van der Waals surface area (Å²) in [6.45, 7) is 9.84. The minimum atomic E-state index is -5.74. The van der Waals surface area contributed by atoms with E-state index in [2.05, 4.69) is 222 Å². The molecule has 10 nitrogen and oxygen atoms in total. The van der Waals surface area contributed by atoms with Crippen molar-refractivity contribution in [1.82, 2.24) is 0 Å². The fraction of sp³-hybridized carbons (Fsp3) is 0.221. The highest BCUT2D eigenvalue weighted by molar-refractivity contribution is 7.97. The zero-order chi connectivity index (χ0) is 68.0. The summed E-state index contributed by atoms with van der Waals surface area (Å²) in [7, 11) is -10.2. The lowest BCUT2D eigenvalue weighted by Crippen LogP contribution is -2.13. The first-order chi connectivity index (χ1) is 45.9. The van der Waals surface area contributed by atoms with Crippen molar-refractivity contribution in [2.45, 2.75) is 124 Å². The summed E-state index contributed by atoms with van der Waals surface area (Å²) in [5.41, 5.74) is 2.55. The van der Waals surface area contributed by atoms with Crippen molar-refractivity contribution < 1.29 is 62.5 Å². The van der Waals surface area contributed by atoms with Gasteiger partial charge in [0.25, 0.3) is 0 Å². The van der Waals surface area contributed by atoms with Gasteiger partial charge in [-0.1, -0.05) is 161 Å². The Bertz CT molecular complexity index is 3740. The Morgan fingerprint density at radius 1 is 0.337 bits per heavy atom. The van der Waals surface area contributed by atoms with Crippen LogP contribution < -0.4 is 18.9 Å². The van der Waals surface area contributed by atoms with E-state index >= 15 is 0 Å². The predicted octanol–water partition coefficient (Wildman–Crippen LogP) is 19.2. The van der Waals surface area contributed by atoms with E-state index in [0.717, 1.165) is 37.2 Å². The highest BCUT2D eigenvalue weighted by atomic mass is 32.2. The van der Waals surface area contributed by atoms with E-state index in [1.165, 1.54) is 64.8 Å². The van der Waals surface area contributed by atoms with E-state index in [0.29, 0.717) is 56.7 Å². The fourth-order valence-corrected chi connectivity index (χ4v) is 14.7. The minimum Gasteiger partial charge on any atom is -0.744 e. The quantitative estimate of drug-likeness (QED) is 0.0160. The first-order valence-corrected chi connectivity index (χ1v) is 36.5. The Hall–Kier alpha value is -8.36. The van der Waals surface area contributed by atoms with Gasteiger partial charge in [-0.05, 0) is 183 Å². The SMILES string of the molecule is CCC(C)c1ccc(OCCCCCCOc2c(F)c(F)c(S(=O)(=O)[O-])c(F)c2F)cc1.CCC(C)c1ccc(OCCCOc2ccc(S(=O)(=O)[O-])cc2)cc1.c1ccc([S+](c2ccccc2)c2ccccc2)cc1.c1ccc([S+](c2ccccc2)c2ccccc2)cc1. The molecule has 0 N–H and O–H groups in total. The Morgan fingerprint density at radius 2 is 0.600 bits per heavy atom. The molecule has 0 aliphatic rings. The third-order valence-electron chi connectivity index (χ3n) is 14.9. The van der Waals surface area contributed by atoms with Crippen LogP contribution in [0.2, 0.25) is 0 Å². The van der Waals surface area contributed by atoms with E-state index in [1.807, 2.05) is 36.4 Å². The Labute approximate surface area is 563 Å². The van der Waals surface area contributed by atoms with Crippen molar-refractivity contribution in [2.24, 2.45) is 0 Å². The van der Waals surface area contributed by atoms with Gasteiger partial charge >= 0.3 is 0 Å². The summed E-state index contributed by atoms with van der Waals surface area (Å²) in [6, 6.07) is 85.8. The molecule has 2 unspecified atom stereocenters. The maximum atomic E-state index is 13.8. The summed E-state index contributed by atoms with van der Waals surface area (Å²) in [6.07, 6.45) is 5.21. The molecule has 0 amide bonds. The van der Waals surface area contributed by atoms with Crippen LogP contribution in [-0.2, 0) is 42.0 Å². The van der Waals surface area contributed by atoms with Crippen molar-refractivity contribution in [2.75, 3.05) is 26.4 Å². The fourth-order valence-electron chi connectivity index (χ4n) is 9.41. The second-order valence-corrected chi connectivity index (χ2v) is 28.5. The highest BCUT2D eigenvalue weighted by Crippen LogP contribution is 2.35. The number of benzene rings is 10. The van der Waals surface area contributed by atoms with Gasteiger partial charge in [0.05, 0.1) is 53.1 Å². The molecule has 10 aromatic carbocycles. The average Bonchev–Trinajstić information content (AvgIpc) is 0.809. The lowest BCUT2D eigenvalue weighted by molar-refractivity contribution is 0.247. The molecule has 0 aliphatic carbocycles. The lowest BCUT2D eigenvalue weighted by Gasteiger charge is -2.14. The van der Waals surface area contributed by atoms with Crippen molar-refractivity contribution in [3.05, 3.63) is 289 Å². The standard InChI is InChI=1S/C22H26F4O5S.C19H24O5S.2C18H15S/c1-3-14(2)15-8-10-16(11-9-15)30-12-6-4-5-7-13-31-21-17(23)19(25)22(32(27,28)29)20(26)18(21)24;1-3-15(2)16-5-7-17(8-6-16)23-13-4-14-24-18-9-11-19(12-10-18)25(20,21)22;2*1-4-10-16(11-5-1)19(17-12-6-2-7-13-17)18-14-8-3-9-15-18/h8-11,14H,3-7,12-13H2,1-2H3,(H,27,28,29);5-12,15H,3-4,13-14H2,1-2H3,(H,20,21,22);2*1-15H/q;;2*+1/p-2. The molecule has 10 rings (SSSR count). The van der Waals surface area contributed by atoms with Gasteiger partial charge in [-0.2, -0.15) is 8.78 Å². The maximum absolute atomic E-state index is 13.8. The Morgan fingerprint density at radius 3 is 0.863 bits per heavy atom. The van der Waals surface area contributed by atoms with Crippen molar-refractivity contribution in [3.8, 4) is 23.0 Å². The number of halogens is 4. The highest BCUT2D eigenvalue weighted by Gasteiger charge is 2.31. The topological polar surface area (TPSA) is 151 Å². The molecule has 0 bridgehead atoms. The van der Waals surface area contributed by atoms with Crippen LogP contribution in [-0.4, -0.2) is 52.4 Å². The molecule has 2 atom stereocenters. The Balaban J connectivity index is 0.000000183. The molecule has 18 heteroatoms. The van der Waals surface area contributed by atoms with E-state index in [9.17, 15) is 43.5 Å². The first-order valence-electron chi connectivity index (χ1n) is 31.3. The lowest BCUT2D eigenvalue weighted by atomic mass is 9.99. The molecule has 0 saturated heterocycles. The van der Waals surface area contributed by atoms with E-state index in [-0.39, 0.29) is 33.3 Å². The largest absolute Gasteiger partial charge is 0.744 e. The monoisotopic (exact) mass is 1370 g/mol. The van der Waals surface area contributed by atoms with E-state index in [4.69, 9.17) is 18.9 Å². The van der Waals surface area contributed by atoms with Gasteiger partial charge < -0.3 is 28.1 Å². The van der Waals surface area contributed by atoms with Crippen LogP contribution in [0.5, 0.6) is 23.0 Å². The molecule has 0 aromatic heterocycles. The van der Waals surface area contributed by atoms with E-state index in [1.54, 1.807) is 0 Å². The Kier molecular flexibility index (Phi) is 29.8. The maximum Gasteiger partial charge on any atom is 0.205 e. The molecule has 95 heavy (non-hydrogen) atoms. The second-order valence-electron chi connectivity index (χ2n) is 21.7. The third kappa shape index (κ3) is 23.2. The number of rotatable bonds is 27. The normalized spacial score (nSPS) is 11.8. The number of ether oxygens (including phenoxy) is 4. The van der Waals surface area contributed by atoms with Crippen LogP contribution in [0.1, 0.15) is 95.6 Å². The first kappa shape index (κ1) is 74.0.